The quantitative estimate of drug-likeness (QED) is 0.786. The van der Waals surface area contributed by atoms with Crippen molar-refractivity contribution in [2.45, 2.75) is 19.9 Å². The van der Waals surface area contributed by atoms with Crippen molar-refractivity contribution in [3.05, 3.63) is 29.8 Å². The van der Waals surface area contributed by atoms with E-state index in [2.05, 4.69) is 42.4 Å². The Morgan fingerprint density at radius 3 is 2.71 bits per heavy atom. The van der Waals surface area contributed by atoms with Gasteiger partial charge < -0.3 is 10.1 Å². The summed E-state index contributed by atoms with van der Waals surface area (Å²) < 4.78 is 5.55. The Kier molecular flexibility index (Phi) is 6.01. The van der Waals surface area contributed by atoms with Crippen LogP contribution in [0, 0.1) is 0 Å². The zero-order chi connectivity index (χ0) is 12.7. The Labute approximate surface area is 105 Å². The van der Waals surface area contributed by atoms with Gasteiger partial charge in [-0.3, -0.25) is 4.90 Å². The SMILES string of the molecule is CCOc1cccc(C(CNC)N(C)CC)c1. The van der Waals surface area contributed by atoms with E-state index in [1.807, 2.05) is 20.0 Å². The molecule has 1 aromatic rings. The highest BCUT2D eigenvalue weighted by atomic mass is 16.5. The van der Waals surface area contributed by atoms with E-state index in [1.165, 1.54) is 5.56 Å². The summed E-state index contributed by atoms with van der Waals surface area (Å²) in [6.07, 6.45) is 0. The smallest absolute Gasteiger partial charge is 0.119 e. The third kappa shape index (κ3) is 4.02. The number of ether oxygens (including phenoxy) is 1. The largest absolute Gasteiger partial charge is 0.494 e. The van der Waals surface area contributed by atoms with Gasteiger partial charge in [0.05, 0.1) is 6.61 Å². The van der Waals surface area contributed by atoms with Crippen LogP contribution >= 0.6 is 0 Å². The zero-order valence-corrected chi connectivity index (χ0v) is 11.4. The van der Waals surface area contributed by atoms with Crippen LogP contribution in [0.1, 0.15) is 25.5 Å². The summed E-state index contributed by atoms with van der Waals surface area (Å²) in [6, 6.07) is 8.77. The molecule has 0 amide bonds. The number of hydrogen-bond acceptors (Lipinski definition) is 3. The molecule has 0 spiro atoms. The predicted octanol–water partition coefficient (Wildman–Crippen LogP) is 2.30. The molecule has 0 aromatic heterocycles. The third-order valence-corrected chi connectivity index (χ3v) is 2.98. The molecule has 0 heterocycles. The predicted molar refractivity (Wildman–Crippen MR) is 72.6 cm³/mol. The Hall–Kier alpha value is -1.06. The summed E-state index contributed by atoms with van der Waals surface area (Å²) in [5.41, 5.74) is 1.30. The lowest BCUT2D eigenvalue weighted by atomic mass is 10.1. The standard InChI is InChI=1S/C14H24N2O/c1-5-16(4)14(11-15-3)12-8-7-9-13(10-12)17-6-2/h7-10,14-15H,5-6,11H2,1-4H3. The summed E-state index contributed by atoms with van der Waals surface area (Å²) in [5.74, 6) is 0.954. The first-order valence-corrected chi connectivity index (χ1v) is 6.30. The minimum Gasteiger partial charge on any atom is -0.494 e. The van der Waals surface area contributed by atoms with Crippen LogP contribution in [-0.2, 0) is 0 Å². The molecule has 96 valence electrons. The summed E-state index contributed by atoms with van der Waals surface area (Å²) in [4.78, 5) is 2.33. The van der Waals surface area contributed by atoms with Crippen LogP contribution in [0.25, 0.3) is 0 Å². The lowest BCUT2D eigenvalue weighted by Gasteiger charge is -2.27. The second-order valence-corrected chi connectivity index (χ2v) is 4.15. The molecule has 1 N–H and O–H groups in total. The molecule has 0 fully saturated rings. The van der Waals surface area contributed by atoms with Gasteiger partial charge in [0.25, 0.3) is 0 Å². The van der Waals surface area contributed by atoms with Crippen LogP contribution in [0.5, 0.6) is 5.75 Å². The van der Waals surface area contributed by atoms with Crippen LogP contribution in [-0.4, -0.2) is 38.7 Å². The topological polar surface area (TPSA) is 24.5 Å². The summed E-state index contributed by atoms with van der Waals surface area (Å²) in [5, 5.41) is 3.25. The van der Waals surface area contributed by atoms with E-state index in [1.54, 1.807) is 0 Å². The maximum Gasteiger partial charge on any atom is 0.119 e. The molecule has 0 aliphatic carbocycles. The van der Waals surface area contributed by atoms with E-state index in [-0.39, 0.29) is 0 Å². The van der Waals surface area contributed by atoms with Crippen molar-refractivity contribution in [2.24, 2.45) is 0 Å². The number of hydrogen-bond donors (Lipinski definition) is 1. The molecule has 1 rings (SSSR count). The normalized spacial score (nSPS) is 12.8. The van der Waals surface area contributed by atoms with Gasteiger partial charge in [-0.05, 0) is 45.3 Å². The van der Waals surface area contributed by atoms with Gasteiger partial charge in [0.1, 0.15) is 5.75 Å². The monoisotopic (exact) mass is 236 g/mol. The van der Waals surface area contributed by atoms with Crippen molar-refractivity contribution in [1.82, 2.24) is 10.2 Å². The van der Waals surface area contributed by atoms with Crippen LogP contribution < -0.4 is 10.1 Å². The van der Waals surface area contributed by atoms with Crippen molar-refractivity contribution < 1.29 is 4.74 Å². The van der Waals surface area contributed by atoms with E-state index in [0.717, 1.165) is 18.8 Å². The number of benzene rings is 1. The lowest BCUT2D eigenvalue weighted by molar-refractivity contribution is 0.252. The summed E-state index contributed by atoms with van der Waals surface area (Å²) >= 11 is 0. The lowest BCUT2D eigenvalue weighted by Crippen LogP contribution is -2.31. The number of likely N-dealkylation sites (N-methyl/N-ethyl adjacent to an activating group) is 2. The molecule has 17 heavy (non-hydrogen) atoms. The fraction of sp³-hybridized carbons (Fsp3) is 0.571. The molecular formula is C14H24N2O. The molecule has 3 heteroatoms. The average Bonchev–Trinajstić information content (AvgIpc) is 2.36. The first-order valence-electron chi connectivity index (χ1n) is 6.30. The first-order chi connectivity index (χ1) is 8.22. The second kappa shape index (κ2) is 7.30. The van der Waals surface area contributed by atoms with Gasteiger partial charge in [0.2, 0.25) is 0 Å². The highest BCUT2D eigenvalue weighted by Crippen LogP contribution is 2.22. The fourth-order valence-corrected chi connectivity index (χ4v) is 1.92. The van der Waals surface area contributed by atoms with Crippen molar-refractivity contribution in [3.63, 3.8) is 0 Å². The van der Waals surface area contributed by atoms with E-state index in [0.29, 0.717) is 12.6 Å². The number of nitrogens with zero attached hydrogens (tertiary/aromatic N) is 1. The van der Waals surface area contributed by atoms with Crippen LogP contribution in [0.3, 0.4) is 0 Å². The molecular weight excluding hydrogens is 212 g/mol. The molecule has 0 aliphatic heterocycles. The molecule has 1 atom stereocenters. The van der Waals surface area contributed by atoms with Gasteiger partial charge in [0, 0.05) is 12.6 Å². The van der Waals surface area contributed by atoms with Gasteiger partial charge in [-0.2, -0.15) is 0 Å². The molecule has 1 unspecified atom stereocenters. The highest BCUT2D eigenvalue weighted by molar-refractivity contribution is 5.30. The van der Waals surface area contributed by atoms with Crippen LogP contribution in [0.4, 0.5) is 0 Å². The van der Waals surface area contributed by atoms with Gasteiger partial charge >= 0.3 is 0 Å². The minimum atomic E-state index is 0.394. The average molecular weight is 236 g/mol. The minimum absolute atomic E-state index is 0.394. The first kappa shape index (κ1) is 14.0. The summed E-state index contributed by atoms with van der Waals surface area (Å²) in [7, 11) is 4.14. The van der Waals surface area contributed by atoms with Crippen molar-refractivity contribution >= 4 is 0 Å². The molecule has 1 aromatic carbocycles. The molecule has 0 bridgehead atoms. The Balaban J connectivity index is 2.88. The molecule has 0 radical (unpaired) electrons. The fourth-order valence-electron chi connectivity index (χ4n) is 1.92. The van der Waals surface area contributed by atoms with Gasteiger partial charge in [-0.1, -0.05) is 19.1 Å². The molecule has 3 nitrogen and oxygen atoms in total. The molecule has 0 saturated carbocycles. The van der Waals surface area contributed by atoms with Crippen LogP contribution in [0.15, 0.2) is 24.3 Å². The maximum absolute atomic E-state index is 5.55. The van der Waals surface area contributed by atoms with E-state index < -0.39 is 0 Å². The Morgan fingerprint density at radius 2 is 2.12 bits per heavy atom. The molecule has 0 aliphatic rings. The number of rotatable bonds is 7. The number of nitrogens with one attached hydrogen (secondary N) is 1. The Morgan fingerprint density at radius 1 is 1.35 bits per heavy atom. The van der Waals surface area contributed by atoms with E-state index in [4.69, 9.17) is 4.74 Å². The van der Waals surface area contributed by atoms with E-state index >= 15 is 0 Å². The van der Waals surface area contributed by atoms with Gasteiger partial charge in [0.15, 0.2) is 0 Å². The highest BCUT2D eigenvalue weighted by Gasteiger charge is 2.15. The van der Waals surface area contributed by atoms with Crippen molar-refractivity contribution in [2.75, 3.05) is 33.8 Å². The van der Waals surface area contributed by atoms with Crippen molar-refractivity contribution in [3.8, 4) is 5.75 Å². The second-order valence-electron chi connectivity index (χ2n) is 4.15. The maximum atomic E-state index is 5.55. The Bertz CT molecular complexity index is 328. The zero-order valence-electron chi connectivity index (χ0n) is 11.4. The summed E-state index contributed by atoms with van der Waals surface area (Å²) in [6.45, 7) is 6.87. The van der Waals surface area contributed by atoms with Crippen molar-refractivity contribution in [1.29, 1.82) is 0 Å². The van der Waals surface area contributed by atoms with Gasteiger partial charge in [-0.25, -0.2) is 0 Å². The van der Waals surface area contributed by atoms with Crippen LogP contribution in [0.2, 0.25) is 0 Å². The van der Waals surface area contributed by atoms with Gasteiger partial charge in [-0.15, -0.1) is 0 Å². The third-order valence-electron chi connectivity index (χ3n) is 2.98. The van der Waals surface area contributed by atoms with E-state index in [9.17, 15) is 0 Å². The molecule has 0 saturated heterocycles.